The summed E-state index contributed by atoms with van der Waals surface area (Å²) in [5.74, 6) is 0.489. The zero-order chi connectivity index (χ0) is 20.0. The van der Waals surface area contributed by atoms with Crippen LogP contribution in [0.4, 0.5) is 0 Å². The molecule has 0 fully saturated rings. The van der Waals surface area contributed by atoms with Gasteiger partial charge in [-0.2, -0.15) is 0 Å². The summed E-state index contributed by atoms with van der Waals surface area (Å²) >= 11 is 4.51. The first-order valence-corrected chi connectivity index (χ1v) is 9.66. The fourth-order valence-corrected chi connectivity index (χ4v) is 3.82. The molecule has 0 radical (unpaired) electrons. The maximum Gasteiger partial charge on any atom is 0.193 e. The smallest absolute Gasteiger partial charge is 0.193 e. The van der Waals surface area contributed by atoms with Gasteiger partial charge in [-0.3, -0.25) is 4.57 Å². The quantitative estimate of drug-likeness (QED) is 0.437. The van der Waals surface area contributed by atoms with Gasteiger partial charge in [0.2, 0.25) is 0 Å². The van der Waals surface area contributed by atoms with Crippen molar-refractivity contribution in [1.82, 2.24) is 19.3 Å². The predicted octanol–water partition coefficient (Wildman–Crippen LogP) is 4.73. The van der Waals surface area contributed by atoms with E-state index in [1.165, 1.54) is 6.07 Å². The summed E-state index contributed by atoms with van der Waals surface area (Å²) in [6, 6.07) is 11.5. The number of hydrogen-bond acceptors (Lipinski definition) is 5. The van der Waals surface area contributed by atoms with Crippen LogP contribution >= 0.6 is 12.6 Å². The fraction of sp³-hybridized carbons (Fsp3) is 0.238. The Morgan fingerprint density at radius 1 is 1.07 bits per heavy atom. The van der Waals surface area contributed by atoms with Crippen molar-refractivity contribution in [1.29, 1.82) is 0 Å². The van der Waals surface area contributed by atoms with Gasteiger partial charge >= 0.3 is 0 Å². The van der Waals surface area contributed by atoms with Gasteiger partial charge in [-0.1, -0.05) is 13.0 Å². The number of phenolic OH excluding ortho intramolecular Hbond substituents is 2. The molecule has 0 spiro atoms. The molecule has 0 amide bonds. The molecule has 2 aromatic heterocycles. The van der Waals surface area contributed by atoms with Crippen molar-refractivity contribution in [3.05, 3.63) is 48.2 Å². The third-order valence-corrected chi connectivity index (χ3v) is 5.29. The number of hydrogen-bond donors (Lipinski definition) is 3. The van der Waals surface area contributed by atoms with Crippen molar-refractivity contribution in [2.75, 3.05) is 0 Å². The molecular weight excluding hydrogens is 372 g/mol. The molecular formula is C21H22N4O2S. The highest BCUT2D eigenvalue weighted by Gasteiger charge is 2.20. The standard InChI is InChI=1S/C21H22N4O2S/c1-4-13-10-15(19(27)11-18(13)26)20-22-23-21(28)25(20)17-7-5-6-16-14(17)8-9-24(16)12(2)3/h5-12,26-27H,4H2,1-3H3,(H,23,28). The molecule has 2 N–H and O–H groups in total. The molecule has 0 aliphatic rings. The minimum absolute atomic E-state index is 0.0522. The lowest BCUT2D eigenvalue weighted by molar-refractivity contribution is 0.447. The van der Waals surface area contributed by atoms with Gasteiger partial charge in [0.25, 0.3) is 0 Å². The first kappa shape index (κ1) is 18.4. The van der Waals surface area contributed by atoms with Crippen molar-refractivity contribution in [3.63, 3.8) is 0 Å². The summed E-state index contributed by atoms with van der Waals surface area (Å²) < 4.78 is 4.02. The molecule has 2 aromatic carbocycles. The summed E-state index contributed by atoms with van der Waals surface area (Å²) in [4.78, 5) is 0. The molecule has 4 rings (SSSR count). The zero-order valence-corrected chi connectivity index (χ0v) is 16.9. The van der Waals surface area contributed by atoms with Gasteiger partial charge in [-0.15, -0.1) is 22.8 Å². The number of aromatic hydroxyl groups is 2. The second kappa shape index (κ2) is 6.91. The van der Waals surface area contributed by atoms with E-state index < -0.39 is 0 Å². The number of aromatic nitrogens is 4. The summed E-state index contributed by atoms with van der Waals surface area (Å²) in [6.07, 6.45) is 2.70. The van der Waals surface area contributed by atoms with Crippen LogP contribution in [0.15, 0.2) is 47.8 Å². The van der Waals surface area contributed by atoms with Crippen LogP contribution in [-0.2, 0) is 6.42 Å². The van der Waals surface area contributed by atoms with E-state index in [0.29, 0.717) is 29.0 Å². The van der Waals surface area contributed by atoms with E-state index in [1.54, 1.807) is 6.07 Å². The predicted molar refractivity (Wildman–Crippen MR) is 113 cm³/mol. The summed E-state index contributed by atoms with van der Waals surface area (Å²) in [7, 11) is 0. The molecule has 144 valence electrons. The number of fused-ring (bicyclic) bond motifs is 1. The number of aryl methyl sites for hydroxylation is 1. The van der Waals surface area contributed by atoms with Gasteiger partial charge in [0.15, 0.2) is 11.0 Å². The average Bonchev–Trinajstić information content (AvgIpc) is 3.25. The molecule has 7 heteroatoms. The van der Waals surface area contributed by atoms with Crippen molar-refractivity contribution in [2.24, 2.45) is 0 Å². The SMILES string of the molecule is CCc1cc(-c2nnc(S)n2-c2cccc3c2ccn3C(C)C)c(O)cc1O. The molecule has 0 bridgehead atoms. The molecule has 6 nitrogen and oxygen atoms in total. The van der Waals surface area contributed by atoms with E-state index in [9.17, 15) is 10.2 Å². The van der Waals surface area contributed by atoms with Crippen LogP contribution in [0.1, 0.15) is 32.4 Å². The Morgan fingerprint density at radius 2 is 1.86 bits per heavy atom. The first-order valence-electron chi connectivity index (χ1n) is 9.21. The summed E-state index contributed by atoms with van der Waals surface area (Å²) in [5.41, 5.74) is 3.21. The van der Waals surface area contributed by atoms with E-state index in [1.807, 2.05) is 23.6 Å². The second-order valence-corrected chi connectivity index (χ2v) is 7.44. The summed E-state index contributed by atoms with van der Waals surface area (Å²) in [5, 5.41) is 30.4. The van der Waals surface area contributed by atoms with Gasteiger partial charge in [-0.25, -0.2) is 0 Å². The lowest BCUT2D eigenvalue weighted by atomic mass is 10.1. The fourth-order valence-electron chi connectivity index (χ4n) is 3.57. The van der Waals surface area contributed by atoms with Crippen LogP contribution in [0.2, 0.25) is 0 Å². The normalized spacial score (nSPS) is 11.6. The van der Waals surface area contributed by atoms with E-state index in [-0.39, 0.29) is 11.5 Å². The number of benzene rings is 2. The molecule has 28 heavy (non-hydrogen) atoms. The highest BCUT2D eigenvalue weighted by Crippen LogP contribution is 2.37. The monoisotopic (exact) mass is 394 g/mol. The first-order chi connectivity index (χ1) is 13.4. The Morgan fingerprint density at radius 3 is 2.57 bits per heavy atom. The van der Waals surface area contributed by atoms with Crippen molar-refractivity contribution < 1.29 is 10.2 Å². The van der Waals surface area contributed by atoms with Gasteiger partial charge < -0.3 is 14.8 Å². The van der Waals surface area contributed by atoms with Crippen molar-refractivity contribution >= 4 is 23.5 Å². The number of nitrogens with zero attached hydrogens (tertiary/aromatic N) is 4. The van der Waals surface area contributed by atoms with Crippen LogP contribution in [0, 0.1) is 0 Å². The van der Waals surface area contributed by atoms with E-state index in [2.05, 4.69) is 59.6 Å². The van der Waals surface area contributed by atoms with Gasteiger partial charge in [0.05, 0.1) is 16.8 Å². The van der Waals surface area contributed by atoms with Crippen LogP contribution in [-0.4, -0.2) is 29.5 Å². The summed E-state index contributed by atoms with van der Waals surface area (Å²) in [6.45, 7) is 6.22. The van der Waals surface area contributed by atoms with E-state index in [0.717, 1.165) is 22.2 Å². The van der Waals surface area contributed by atoms with E-state index in [4.69, 9.17) is 0 Å². The van der Waals surface area contributed by atoms with Gasteiger partial charge in [0, 0.05) is 23.7 Å². The molecule has 0 unspecified atom stereocenters. The number of rotatable bonds is 4. The maximum absolute atomic E-state index is 10.5. The lowest BCUT2D eigenvalue weighted by Gasteiger charge is -2.14. The molecule has 0 atom stereocenters. The van der Waals surface area contributed by atoms with Gasteiger partial charge in [0.1, 0.15) is 11.5 Å². The average molecular weight is 395 g/mol. The number of phenols is 2. The highest BCUT2D eigenvalue weighted by molar-refractivity contribution is 7.80. The molecule has 0 aliphatic heterocycles. The van der Waals surface area contributed by atoms with Crippen molar-refractivity contribution in [3.8, 4) is 28.6 Å². The molecule has 2 heterocycles. The minimum atomic E-state index is -0.0522. The Hall–Kier alpha value is -2.93. The van der Waals surface area contributed by atoms with Gasteiger partial charge in [-0.05, 0) is 50.1 Å². The Bertz CT molecular complexity index is 1180. The van der Waals surface area contributed by atoms with Crippen LogP contribution in [0.3, 0.4) is 0 Å². The molecule has 0 saturated carbocycles. The topological polar surface area (TPSA) is 76.1 Å². The Kier molecular flexibility index (Phi) is 4.55. The minimum Gasteiger partial charge on any atom is -0.508 e. The third-order valence-electron chi connectivity index (χ3n) is 5.00. The number of thiol groups is 1. The van der Waals surface area contributed by atoms with Crippen LogP contribution in [0.25, 0.3) is 28.0 Å². The lowest BCUT2D eigenvalue weighted by Crippen LogP contribution is -2.01. The Balaban J connectivity index is 1.98. The largest absolute Gasteiger partial charge is 0.508 e. The zero-order valence-electron chi connectivity index (χ0n) is 16.0. The van der Waals surface area contributed by atoms with Crippen LogP contribution in [0.5, 0.6) is 11.5 Å². The third kappa shape index (κ3) is 2.82. The van der Waals surface area contributed by atoms with Crippen molar-refractivity contribution in [2.45, 2.75) is 38.4 Å². The molecule has 0 saturated heterocycles. The molecule has 4 aromatic rings. The molecule has 0 aliphatic carbocycles. The maximum atomic E-state index is 10.5. The van der Waals surface area contributed by atoms with Crippen LogP contribution < -0.4 is 0 Å². The second-order valence-electron chi connectivity index (χ2n) is 7.04. The Labute approximate surface area is 168 Å². The van der Waals surface area contributed by atoms with E-state index >= 15 is 0 Å². The highest BCUT2D eigenvalue weighted by atomic mass is 32.1.